The Morgan fingerprint density at radius 3 is 2.48 bits per heavy atom. The van der Waals surface area contributed by atoms with Crippen molar-refractivity contribution in [3.8, 4) is 0 Å². The largest absolute Gasteiger partial charge is 0.102 e. The van der Waals surface area contributed by atoms with Crippen molar-refractivity contribution in [2.75, 3.05) is 0 Å². The van der Waals surface area contributed by atoms with E-state index < -0.39 is 0 Å². The van der Waals surface area contributed by atoms with E-state index in [4.69, 9.17) is 0 Å². The molecule has 0 bridgehead atoms. The molecule has 0 saturated heterocycles. The minimum Gasteiger partial charge on any atom is -0.102 e. The lowest BCUT2D eigenvalue weighted by molar-refractivity contribution is 0.529. The van der Waals surface area contributed by atoms with Crippen LogP contribution in [0.5, 0.6) is 0 Å². The molecule has 0 saturated carbocycles. The number of allylic oxidation sites excluding steroid dienone is 11. The molecule has 1 aliphatic rings. The van der Waals surface area contributed by atoms with Crippen LogP contribution in [0.1, 0.15) is 79.1 Å². The van der Waals surface area contributed by atoms with Crippen LogP contribution in [-0.4, -0.2) is 0 Å². The lowest BCUT2D eigenvalue weighted by Gasteiger charge is -2.31. The van der Waals surface area contributed by atoms with E-state index in [2.05, 4.69) is 82.9 Å². The van der Waals surface area contributed by atoms with Gasteiger partial charge in [-0.2, -0.15) is 0 Å². The van der Waals surface area contributed by atoms with Crippen molar-refractivity contribution in [1.29, 1.82) is 0 Å². The Labute approximate surface area is 156 Å². The van der Waals surface area contributed by atoms with Crippen molar-refractivity contribution >= 4 is 0 Å². The van der Waals surface area contributed by atoms with Gasteiger partial charge in [0.1, 0.15) is 0 Å². The predicted molar refractivity (Wildman–Crippen MR) is 115 cm³/mol. The van der Waals surface area contributed by atoms with Crippen molar-refractivity contribution in [3.63, 3.8) is 0 Å². The van der Waals surface area contributed by atoms with Gasteiger partial charge >= 0.3 is 0 Å². The van der Waals surface area contributed by atoms with Gasteiger partial charge in [-0.05, 0) is 62.2 Å². The smallest absolute Gasteiger partial charge is 0.0315 e. The molecule has 0 spiro atoms. The summed E-state index contributed by atoms with van der Waals surface area (Å²) in [5.74, 6) is 0. The van der Waals surface area contributed by atoms with E-state index in [0.29, 0.717) is 0 Å². The zero-order valence-corrected chi connectivity index (χ0v) is 17.0. The molecule has 0 aromatic rings. The molecule has 1 atom stereocenters. The molecule has 0 fully saturated rings. The van der Waals surface area contributed by atoms with Gasteiger partial charge in [0.25, 0.3) is 0 Å². The fourth-order valence-corrected chi connectivity index (χ4v) is 3.68. The molecule has 0 aliphatic heterocycles. The second kappa shape index (κ2) is 11.9. The molecule has 1 unspecified atom stereocenters. The van der Waals surface area contributed by atoms with Gasteiger partial charge in [0.2, 0.25) is 0 Å². The third-order valence-corrected chi connectivity index (χ3v) is 4.93. The monoisotopic (exact) mass is 338 g/mol. The SMILES string of the molecule is C=CC(C=CC)(CCC)C(C=CCC)=C(C=CCCC)C1=CCCC1. The zero-order chi connectivity index (χ0) is 18.5. The Bertz CT molecular complexity index is 551. The first-order valence-electron chi connectivity index (χ1n) is 10.2. The first-order chi connectivity index (χ1) is 12.2. The third-order valence-electron chi connectivity index (χ3n) is 4.93. The number of rotatable bonds is 11. The summed E-state index contributed by atoms with van der Waals surface area (Å²) in [6.07, 6.45) is 27.9. The van der Waals surface area contributed by atoms with Gasteiger partial charge in [0, 0.05) is 5.41 Å². The highest BCUT2D eigenvalue weighted by Crippen LogP contribution is 2.42. The summed E-state index contributed by atoms with van der Waals surface area (Å²) in [6.45, 7) is 13.1. The van der Waals surface area contributed by atoms with Crippen LogP contribution in [-0.2, 0) is 0 Å². The van der Waals surface area contributed by atoms with Crippen molar-refractivity contribution in [2.24, 2.45) is 5.41 Å². The summed E-state index contributed by atoms with van der Waals surface area (Å²) in [7, 11) is 0. The van der Waals surface area contributed by atoms with Crippen LogP contribution in [0.4, 0.5) is 0 Å². The summed E-state index contributed by atoms with van der Waals surface area (Å²) < 4.78 is 0. The molecule has 0 heterocycles. The predicted octanol–water partition coefficient (Wildman–Crippen LogP) is 8.26. The standard InChI is InChI=1S/C25H38/c1-6-11-13-18-23(22-16-14-15-17-22)24(19-12-7-2)25(10-5,20-8-3)21-9-4/h8,10,12-13,16,18-20H,5-7,9,11,14-15,17,21H2,1-4H3. The molecule has 0 radical (unpaired) electrons. The zero-order valence-electron chi connectivity index (χ0n) is 17.0. The molecular formula is C25H38. The van der Waals surface area contributed by atoms with Crippen molar-refractivity contribution in [3.05, 3.63) is 71.9 Å². The topological polar surface area (TPSA) is 0 Å². The fourth-order valence-electron chi connectivity index (χ4n) is 3.68. The Morgan fingerprint density at radius 1 is 1.16 bits per heavy atom. The second-order valence-corrected chi connectivity index (χ2v) is 6.95. The van der Waals surface area contributed by atoms with E-state index in [9.17, 15) is 0 Å². The highest BCUT2D eigenvalue weighted by Gasteiger charge is 2.29. The molecule has 1 aliphatic carbocycles. The summed E-state index contributed by atoms with van der Waals surface area (Å²) in [6, 6.07) is 0. The Hall–Kier alpha value is -1.56. The average molecular weight is 339 g/mol. The molecule has 25 heavy (non-hydrogen) atoms. The van der Waals surface area contributed by atoms with Gasteiger partial charge in [0.15, 0.2) is 0 Å². The van der Waals surface area contributed by atoms with Crippen LogP contribution in [0, 0.1) is 5.41 Å². The van der Waals surface area contributed by atoms with E-state index in [1.54, 1.807) is 0 Å². The summed E-state index contributed by atoms with van der Waals surface area (Å²) in [5, 5.41) is 0. The normalized spacial score (nSPS) is 18.8. The lowest BCUT2D eigenvalue weighted by atomic mass is 9.72. The Morgan fingerprint density at radius 2 is 1.96 bits per heavy atom. The van der Waals surface area contributed by atoms with Gasteiger partial charge < -0.3 is 0 Å². The minimum absolute atomic E-state index is 0.0789. The van der Waals surface area contributed by atoms with E-state index in [1.165, 1.54) is 42.4 Å². The summed E-state index contributed by atoms with van der Waals surface area (Å²) >= 11 is 0. The van der Waals surface area contributed by atoms with Crippen LogP contribution >= 0.6 is 0 Å². The molecule has 0 N–H and O–H groups in total. The van der Waals surface area contributed by atoms with Crippen LogP contribution in [0.15, 0.2) is 71.9 Å². The van der Waals surface area contributed by atoms with E-state index >= 15 is 0 Å². The quantitative estimate of drug-likeness (QED) is 0.263. The molecule has 0 nitrogen and oxygen atoms in total. The minimum atomic E-state index is -0.0789. The second-order valence-electron chi connectivity index (χ2n) is 6.95. The highest BCUT2D eigenvalue weighted by atomic mass is 14.3. The highest BCUT2D eigenvalue weighted by molar-refractivity contribution is 5.53. The summed E-state index contributed by atoms with van der Waals surface area (Å²) in [5.41, 5.74) is 4.30. The van der Waals surface area contributed by atoms with Crippen molar-refractivity contribution < 1.29 is 0 Å². The summed E-state index contributed by atoms with van der Waals surface area (Å²) in [4.78, 5) is 0. The van der Waals surface area contributed by atoms with Crippen molar-refractivity contribution in [1.82, 2.24) is 0 Å². The van der Waals surface area contributed by atoms with E-state index in [1.807, 2.05) is 0 Å². The molecule has 0 aromatic heterocycles. The fraction of sp³-hybridized carbons (Fsp3) is 0.520. The van der Waals surface area contributed by atoms with E-state index in [-0.39, 0.29) is 5.41 Å². The number of hydrogen-bond acceptors (Lipinski definition) is 0. The van der Waals surface area contributed by atoms with Crippen LogP contribution < -0.4 is 0 Å². The maximum Gasteiger partial charge on any atom is 0.0315 e. The van der Waals surface area contributed by atoms with Gasteiger partial charge in [-0.25, -0.2) is 0 Å². The number of hydrogen-bond donors (Lipinski definition) is 0. The van der Waals surface area contributed by atoms with Gasteiger partial charge in [0.05, 0.1) is 0 Å². The Balaban J connectivity index is 3.62. The first-order valence-corrected chi connectivity index (χ1v) is 10.2. The van der Waals surface area contributed by atoms with Gasteiger partial charge in [-0.15, -0.1) is 6.58 Å². The van der Waals surface area contributed by atoms with E-state index in [0.717, 1.165) is 25.7 Å². The van der Waals surface area contributed by atoms with Gasteiger partial charge in [-0.3, -0.25) is 0 Å². The average Bonchev–Trinajstić information content (AvgIpc) is 3.15. The molecule has 0 heteroatoms. The van der Waals surface area contributed by atoms with Crippen LogP contribution in [0.2, 0.25) is 0 Å². The Kier molecular flexibility index (Phi) is 10.2. The van der Waals surface area contributed by atoms with Crippen molar-refractivity contribution in [2.45, 2.75) is 79.1 Å². The molecule has 138 valence electrons. The van der Waals surface area contributed by atoms with Gasteiger partial charge in [-0.1, -0.05) is 82.2 Å². The number of unbranched alkanes of at least 4 members (excludes halogenated alkanes) is 1. The van der Waals surface area contributed by atoms with Crippen LogP contribution in [0.25, 0.3) is 0 Å². The molecule has 0 aromatic carbocycles. The third kappa shape index (κ3) is 6.03. The lowest BCUT2D eigenvalue weighted by Crippen LogP contribution is -2.19. The van der Waals surface area contributed by atoms with Crippen LogP contribution in [0.3, 0.4) is 0 Å². The maximum atomic E-state index is 4.24. The molecule has 0 amide bonds. The molecular weight excluding hydrogens is 300 g/mol. The maximum absolute atomic E-state index is 4.24. The molecule has 1 rings (SSSR count). The first kappa shape index (κ1) is 21.5.